The minimum absolute atomic E-state index is 0.0490. The molecule has 0 spiro atoms. The van der Waals surface area contributed by atoms with Crippen LogP contribution in [0.5, 0.6) is 5.75 Å². The lowest BCUT2D eigenvalue weighted by Gasteiger charge is -2.18. The third-order valence-electron chi connectivity index (χ3n) is 3.17. The maximum Gasteiger partial charge on any atom is 0.243 e. The molecule has 1 rings (SSSR count). The van der Waals surface area contributed by atoms with E-state index in [2.05, 4.69) is 22.2 Å². The van der Waals surface area contributed by atoms with Crippen LogP contribution in [0.4, 0.5) is 0 Å². The SMILES string of the molecule is C=CCNC(=NCC(=O)N(C)C)NCC(C)Oc1cccc(C)c1. The molecule has 24 heavy (non-hydrogen) atoms. The van der Waals surface area contributed by atoms with Crippen molar-refractivity contribution in [2.45, 2.75) is 20.0 Å². The number of amides is 1. The molecule has 0 bridgehead atoms. The number of benzene rings is 1. The second-order valence-corrected chi connectivity index (χ2v) is 5.75. The number of hydrogen-bond acceptors (Lipinski definition) is 3. The largest absolute Gasteiger partial charge is 0.489 e. The Bertz CT molecular complexity index is 570. The predicted molar refractivity (Wildman–Crippen MR) is 98.5 cm³/mol. The highest BCUT2D eigenvalue weighted by atomic mass is 16.5. The van der Waals surface area contributed by atoms with Gasteiger partial charge in [-0.2, -0.15) is 0 Å². The molecule has 0 saturated carbocycles. The monoisotopic (exact) mass is 332 g/mol. The van der Waals surface area contributed by atoms with Gasteiger partial charge in [0.1, 0.15) is 18.4 Å². The summed E-state index contributed by atoms with van der Waals surface area (Å²) in [7, 11) is 3.42. The summed E-state index contributed by atoms with van der Waals surface area (Å²) in [5.41, 5.74) is 1.16. The van der Waals surface area contributed by atoms with Crippen molar-refractivity contribution in [1.82, 2.24) is 15.5 Å². The highest BCUT2D eigenvalue weighted by Gasteiger charge is 2.07. The van der Waals surface area contributed by atoms with Crippen LogP contribution in [0.25, 0.3) is 0 Å². The van der Waals surface area contributed by atoms with E-state index >= 15 is 0 Å². The van der Waals surface area contributed by atoms with Crippen LogP contribution in [0.15, 0.2) is 41.9 Å². The van der Waals surface area contributed by atoms with Crippen LogP contribution in [0.1, 0.15) is 12.5 Å². The van der Waals surface area contributed by atoms with Crippen LogP contribution in [-0.4, -0.2) is 56.6 Å². The van der Waals surface area contributed by atoms with Crippen molar-refractivity contribution in [2.24, 2.45) is 4.99 Å². The van der Waals surface area contributed by atoms with E-state index in [0.717, 1.165) is 11.3 Å². The molecule has 0 aliphatic rings. The summed E-state index contributed by atoms with van der Waals surface area (Å²) in [6.45, 7) is 8.89. The third-order valence-corrected chi connectivity index (χ3v) is 3.17. The van der Waals surface area contributed by atoms with Crippen molar-refractivity contribution >= 4 is 11.9 Å². The molecule has 0 saturated heterocycles. The Balaban J connectivity index is 2.54. The molecule has 1 amide bonds. The molecular formula is C18H28N4O2. The van der Waals surface area contributed by atoms with Gasteiger partial charge in [0.25, 0.3) is 0 Å². The summed E-state index contributed by atoms with van der Waals surface area (Å²) in [6.07, 6.45) is 1.68. The van der Waals surface area contributed by atoms with Crippen molar-refractivity contribution in [2.75, 3.05) is 33.7 Å². The van der Waals surface area contributed by atoms with E-state index in [-0.39, 0.29) is 18.6 Å². The summed E-state index contributed by atoms with van der Waals surface area (Å²) in [4.78, 5) is 17.4. The van der Waals surface area contributed by atoms with Crippen molar-refractivity contribution in [3.05, 3.63) is 42.5 Å². The summed E-state index contributed by atoms with van der Waals surface area (Å²) in [5.74, 6) is 1.34. The first-order chi connectivity index (χ1) is 11.4. The predicted octanol–water partition coefficient (Wildman–Crippen LogP) is 1.57. The second-order valence-electron chi connectivity index (χ2n) is 5.75. The lowest BCUT2D eigenvalue weighted by molar-refractivity contribution is -0.127. The number of likely N-dealkylation sites (N-methyl/N-ethyl adjacent to an activating group) is 1. The van der Waals surface area contributed by atoms with Gasteiger partial charge in [-0.25, -0.2) is 4.99 Å². The molecular weight excluding hydrogens is 304 g/mol. The first-order valence-electron chi connectivity index (χ1n) is 7.99. The van der Waals surface area contributed by atoms with Gasteiger partial charge in [-0.3, -0.25) is 4.79 Å². The smallest absolute Gasteiger partial charge is 0.243 e. The summed E-state index contributed by atoms with van der Waals surface area (Å²) in [5, 5.41) is 6.27. The number of nitrogens with one attached hydrogen (secondary N) is 2. The lowest BCUT2D eigenvalue weighted by Crippen LogP contribution is -2.42. The number of hydrogen-bond donors (Lipinski definition) is 2. The summed E-state index contributed by atoms with van der Waals surface area (Å²) >= 11 is 0. The van der Waals surface area contributed by atoms with Gasteiger partial charge in [0.05, 0.1) is 6.54 Å². The first-order valence-corrected chi connectivity index (χ1v) is 7.99. The van der Waals surface area contributed by atoms with Gasteiger partial charge in [0.2, 0.25) is 5.91 Å². The van der Waals surface area contributed by atoms with Crippen LogP contribution in [0.3, 0.4) is 0 Å². The van der Waals surface area contributed by atoms with Crippen LogP contribution >= 0.6 is 0 Å². The van der Waals surface area contributed by atoms with Crippen molar-refractivity contribution in [3.8, 4) is 5.75 Å². The Morgan fingerprint density at radius 3 is 2.79 bits per heavy atom. The fraction of sp³-hybridized carbons (Fsp3) is 0.444. The van der Waals surface area contributed by atoms with Crippen LogP contribution in [-0.2, 0) is 4.79 Å². The van der Waals surface area contributed by atoms with E-state index in [0.29, 0.717) is 19.0 Å². The van der Waals surface area contributed by atoms with E-state index in [4.69, 9.17) is 4.74 Å². The summed E-state index contributed by atoms with van der Waals surface area (Å²) < 4.78 is 5.87. The molecule has 0 aliphatic heterocycles. The van der Waals surface area contributed by atoms with Crippen molar-refractivity contribution in [3.63, 3.8) is 0 Å². The number of guanidine groups is 1. The molecule has 6 nitrogen and oxygen atoms in total. The standard InChI is InChI=1S/C18H28N4O2/c1-6-10-19-18(21-13-17(23)22(4)5)20-12-15(3)24-16-9-7-8-14(2)11-16/h6-9,11,15H,1,10,12-13H2,2-5H3,(H2,19,20,21). The highest BCUT2D eigenvalue weighted by molar-refractivity contribution is 5.84. The second kappa shape index (κ2) is 10.3. The van der Waals surface area contributed by atoms with Gasteiger partial charge < -0.3 is 20.3 Å². The van der Waals surface area contributed by atoms with Crippen LogP contribution in [0.2, 0.25) is 0 Å². The van der Waals surface area contributed by atoms with E-state index in [1.165, 1.54) is 4.90 Å². The fourth-order valence-corrected chi connectivity index (χ4v) is 1.83. The Labute approximate surface area is 144 Å². The molecule has 132 valence electrons. The van der Waals surface area contributed by atoms with Gasteiger partial charge in [0.15, 0.2) is 5.96 Å². The van der Waals surface area contributed by atoms with Crippen molar-refractivity contribution < 1.29 is 9.53 Å². The minimum Gasteiger partial charge on any atom is -0.489 e. The van der Waals surface area contributed by atoms with Gasteiger partial charge in [0, 0.05) is 20.6 Å². The van der Waals surface area contributed by atoms with Crippen molar-refractivity contribution in [1.29, 1.82) is 0 Å². The first kappa shape index (κ1) is 19.5. The number of carbonyl (C=O) groups excluding carboxylic acids is 1. The average molecular weight is 332 g/mol. The number of carbonyl (C=O) groups is 1. The van der Waals surface area contributed by atoms with Gasteiger partial charge in [-0.15, -0.1) is 6.58 Å². The Morgan fingerprint density at radius 1 is 1.42 bits per heavy atom. The zero-order valence-corrected chi connectivity index (χ0v) is 15.0. The Hall–Kier alpha value is -2.50. The third kappa shape index (κ3) is 7.67. The van der Waals surface area contributed by atoms with E-state index < -0.39 is 0 Å². The topological polar surface area (TPSA) is 66.0 Å². The average Bonchev–Trinajstić information content (AvgIpc) is 2.53. The molecule has 0 radical (unpaired) electrons. The van der Waals surface area contributed by atoms with Crippen LogP contribution < -0.4 is 15.4 Å². The molecule has 0 aliphatic carbocycles. The zero-order chi connectivity index (χ0) is 17.9. The molecule has 0 aromatic heterocycles. The highest BCUT2D eigenvalue weighted by Crippen LogP contribution is 2.13. The zero-order valence-electron chi connectivity index (χ0n) is 15.0. The molecule has 1 unspecified atom stereocenters. The molecule has 0 fully saturated rings. The Kier molecular flexibility index (Phi) is 8.39. The molecule has 1 atom stereocenters. The number of aliphatic imine (C=N–C) groups is 1. The number of nitrogens with zero attached hydrogens (tertiary/aromatic N) is 2. The van der Waals surface area contributed by atoms with Gasteiger partial charge in [-0.1, -0.05) is 18.2 Å². The van der Waals surface area contributed by atoms with Gasteiger partial charge in [-0.05, 0) is 31.5 Å². The van der Waals surface area contributed by atoms with E-state index in [1.807, 2.05) is 38.1 Å². The maximum absolute atomic E-state index is 11.7. The molecule has 1 aromatic rings. The van der Waals surface area contributed by atoms with Gasteiger partial charge >= 0.3 is 0 Å². The normalized spacial score (nSPS) is 12.2. The van der Waals surface area contributed by atoms with Crippen LogP contribution in [0, 0.1) is 6.92 Å². The van der Waals surface area contributed by atoms with E-state index in [9.17, 15) is 4.79 Å². The summed E-state index contributed by atoms with van der Waals surface area (Å²) in [6, 6.07) is 7.93. The number of ether oxygens (including phenoxy) is 1. The molecule has 2 N–H and O–H groups in total. The number of rotatable bonds is 8. The molecule has 6 heteroatoms. The molecule has 0 heterocycles. The maximum atomic E-state index is 11.7. The lowest BCUT2D eigenvalue weighted by atomic mass is 10.2. The fourth-order valence-electron chi connectivity index (χ4n) is 1.83. The van der Waals surface area contributed by atoms with E-state index in [1.54, 1.807) is 20.2 Å². The quantitative estimate of drug-likeness (QED) is 0.431. The minimum atomic E-state index is -0.0567. The Morgan fingerprint density at radius 2 is 2.17 bits per heavy atom. The molecule has 1 aromatic carbocycles. The number of aryl methyl sites for hydroxylation is 1.